The molecule has 0 spiro atoms. The smallest absolute Gasteiger partial charge is 0.235 e. The van der Waals surface area contributed by atoms with Crippen molar-refractivity contribution in [2.75, 3.05) is 0 Å². The molecule has 1 aromatic heterocycles. The van der Waals surface area contributed by atoms with E-state index < -0.39 is 5.91 Å². The first-order valence-corrected chi connectivity index (χ1v) is 5.50. The van der Waals surface area contributed by atoms with Gasteiger partial charge in [0.15, 0.2) is 6.19 Å². The van der Waals surface area contributed by atoms with E-state index in [4.69, 9.17) is 5.26 Å². The number of hydrogen-bond acceptors (Lipinski definition) is 4. The summed E-state index contributed by atoms with van der Waals surface area (Å²) in [6.45, 7) is 1.39. The van der Waals surface area contributed by atoms with E-state index in [2.05, 4.69) is 5.32 Å². The molecule has 0 radical (unpaired) electrons. The third-order valence-electron chi connectivity index (χ3n) is 1.85. The maximum absolute atomic E-state index is 11.2. The van der Waals surface area contributed by atoms with Crippen LogP contribution in [-0.2, 0) is 9.59 Å². The molecular weight excluding hydrogens is 226 g/mol. The number of thiophene rings is 1. The van der Waals surface area contributed by atoms with Gasteiger partial charge in [-0.2, -0.15) is 5.26 Å². The van der Waals surface area contributed by atoms with Crippen molar-refractivity contribution >= 4 is 23.2 Å². The van der Waals surface area contributed by atoms with Gasteiger partial charge in [-0.3, -0.25) is 14.9 Å². The van der Waals surface area contributed by atoms with Crippen LogP contribution in [0.1, 0.15) is 24.3 Å². The Morgan fingerprint density at radius 2 is 2.38 bits per heavy atom. The van der Waals surface area contributed by atoms with Crippen LogP contribution < -0.4 is 10.6 Å². The summed E-state index contributed by atoms with van der Waals surface area (Å²) in [6.07, 6.45) is 1.63. The Bertz CT molecular complexity index is 408. The molecule has 6 heteroatoms. The van der Waals surface area contributed by atoms with E-state index in [-0.39, 0.29) is 18.4 Å². The predicted molar refractivity (Wildman–Crippen MR) is 59.2 cm³/mol. The Kier molecular flexibility index (Phi) is 4.48. The molecule has 0 fully saturated rings. The number of rotatable bonds is 4. The summed E-state index contributed by atoms with van der Waals surface area (Å²) in [4.78, 5) is 23.1. The summed E-state index contributed by atoms with van der Waals surface area (Å²) in [6, 6.07) is 3.31. The Balaban J connectivity index is 2.69. The topological polar surface area (TPSA) is 82.0 Å². The van der Waals surface area contributed by atoms with Gasteiger partial charge in [-0.25, -0.2) is 0 Å². The van der Waals surface area contributed by atoms with Crippen molar-refractivity contribution in [3.63, 3.8) is 0 Å². The fourth-order valence-corrected chi connectivity index (χ4v) is 2.03. The minimum Gasteiger partial charge on any atom is -0.348 e. The van der Waals surface area contributed by atoms with Crippen LogP contribution in [0.15, 0.2) is 17.5 Å². The quantitative estimate of drug-likeness (QED) is 0.603. The predicted octanol–water partition coefficient (Wildman–Crippen LogP) is 0.913. The van der Waals surface area contributed by atoms with E-state index in [0.717, 1.165) is 4.88 Å². The molecule has 0 aliphatic heterocycles. The van der Waals surface area contributed by atoms with Gasteiger partial charge in [0.05, 0.1) is 12.5 Å². The molecule has 2 N–H and O–H groups in total. The van der Waals surface area contributed by atoms with Gasteiger partial charge in [0.25, 0.3) is 0 Å². The first-order chi connectivity index (χ1) is 7.63. The molecule has 1 aromatic rings. The average Bonchev–Trinajstić information content (AvgIpc) is 2.68. The molecule has 0 aliphatic carbocycles. The Morgan fingerprint density at radius 3 is 2.88 bits per heavy atom. The van der Waals surface area contributed by atoms with E-state index in [0.29, 0.717) is 0 Å². The van der Waals surface area contributed by atoms with Crippen LogP contribution in [0.2, 0.25) is 0 Å². The highest BCUT2D eigenvalue weighted by Crippen LogP contribution is 2.21. The lowest BCUT2D eigenvalue weighted by Crippen LogP contribution is -2.30. The molecule has 1 heterocycles. The van der Waals surface area contributed by atoms with Crippen LogP contribution in [0.3, 0.4) is 0 Å². The highest BCUT2D eigenvalue weighted by molar-refractivity contribution is 7.10. The second kappa shape index (κ2) is 5.88. The van der Waals surface area contributed by atoms with Crippen molar-refractivity contribution in [3.05, 3.63) is 22.4 Å². The van der Waals surface area contributed by atoms with Crippen LogP contribution in [-0.4, -0.2) is 11.8 Å². The highest BCUT2D eigenvalue weighted by Gasteiger charge is 2.17. The average molecular weight is 237 g/mol. The number of nitriles is 1. The number of nitrogens with one attached hydrogen (secondary N) is 2. The van der Waals surface area contributed by atoms with Crippen LogP contribution in [0.25, 0.3) is 0 Å². The molecule has 84 valence electrons. The maximum Gasteiger partial charge on any atom is 0.235 e. The summed E-state index contributed by atoms with van der Waals surface area (Å²) in [5, 5.41) is 14.9. The van der Waals surface area contributed by atoms with E-state index in [1.54, 1.807) is 6.19 Å². The van der Waals surface area contributed by atoms with Gasteiger partial charge in [-0.05, 0) is 11.4 Å². The van der Waals surface area contributed by atoms with E-state index >= 15 is 0 Å². The zero-order valence-corrected chi connectivity index (χ0v) is 9.50. The minimum atomic E-state index is -0.408. The van der Waals surface area contributed by atoms with Crippen LogP contribution in [0, 0.1) is 11.5 Å². The van der Waals surface area contributed by atoms with Crippen LogP contribution in [0.4, 0.5) is 0 Å². The van der Waals surface area contributed by atoms with Crippen molar-refractivity contribution in [1.82, 2.24) is 10.6 Å². The lowest BCUT2D eigenvalue weighted by molar-refractivity contribution is -0.122. The zero-order chi connectivity index (χ0) is 12.0. The third-order valence-corrected chi connectivity index (χ3v) is 2.83. The molecule has 0 aromatic carbocycles. The number of carbonyl (C=O) groups is 2. The van der Waals surface area contributed by atoms with Crippen molar-refractivity contribution in [1.29, 1.82) is 5.26 Å². The monoisotopic (exact) mass is 237 g/mol. The van der Waals surface area contributed by atoms with Crippen molar-refractivity contribution in [2.45, 2.75) is 19.4 Å². The van der Waals surface area contributed by atoms with Crippen LogP contribution >= 0.6 is 11.3 Å². The molecule has 0 bridgehead atoms. The summed E-state index contributed by atoms with van der Waals surface area (Å²) in [5.41, 5.74) is 0. The second-order valence-electron chi connectivity index (χ2n) is 3.13. The summed E-state index contributed by atoms with van der Waals surface area (Å²) in [5.74, 6) is -0.613. The van der Waals surface area contributed by atoms with Crippen molar-refractivity contribution in [3.8, 4) is 6.19 Å². The largest absolute Gasteiger partial charge is 0.348 e. The SMILES string of the molecule is CC(=O)NC(CC(=O)NC#N)c1cccs1. The number of amides is 2. The van der Waals surface area contributed by atoms with Gasteiger partial charge in [0, 0.05) is 11.8 Å². The summed E-state index contributed by atoms with van der Waals surface area (Å²) < 4.78 is 0. The molecular formula is C10H11N3O2S. The molecule has 1 atom stereocenters. The van der Waals surface area contributed by atoms with E-state index in [9.17, 15) is 9.59 Å². The molecule has 0 saturated carbocycles. The standard InChI is InChI=1S/C10H11N3O2S/c1-7(14)13-8(5-10(15)12-6-11)9-3-2-4-16-9/h2-4,8H,5H2,1H3,(H,12,15)(H,13,14). The number of carbonyl (C=O) groups excluding carboxylic acids is 2. The minimum absolute atomic E-state index is 0.0631. The molecule has 5 nitrogen and oxygen atoms in total. The molecule has 1 unspecified atom stereocenters. The Hall–Kier alpha value is -1.87. The normalized spacial score (nSPS) is 11.2. The first kappa shape index (κ1) is 12.2. The van der Waals surface area contributed by atoms with Gasteiger partial charge in [-0.15, -0.1) is 11.3 Å². The molecule has 0 saturated heterocycles. The fraction of sp³-hybridized carbons (Fsp3) is 0.300. The van der Waals surface area contributed by atoms with Gasteiger partial charge in [-0.1, -0.05) is 6.07 Å². The molecule has 1 rings (SSSR count). The van der Waals surface area contributed by atoms with E-state index in [1.165, 1.54) is 18.3 Å². The van der Waals surface area contributed by atoms with Crippen molar-refractivity contribution < 1.29 is 9.59 Å². The Labute approximate surface area is 97.1 Å². The molecule has 2 amide bonds. The first-order valence-electron chi connectivity index (χ1n) is 4.62. The van der Waals surface area contributed by atoms with Gasteiger partial charge >= 0.3 is 0 Å². The summed E-state index contributed by atoms with van der Waals surface area (Å²) >= 11 is 1.46. The fourth-order valence-electron chi connectivity index (χ4n) is 1.26. The molecule has 0 aliphatic rings. The highest BCUT2D eigenvalue weighted by atomic mass is 32.1. The molecule has 16 heavy (non-hydrogen) atoms. The van der Waals surface area contributed by atoms with Gasteiger partial charge < -0.3 is 5.32 Å². The summed E-state index contributed by atoms with van der Waals surface area (Å²) in [7, 11) is 0. The van der Waals surface area contributed by atoms with Crippen molar-refractivity contribution in [2.24, 2.45) is 0 Å². The maximum atomic E-state index is 11.2. The zero-order valence-electron chi connectivity index (χ0n) is 8.69. The van der Waals surface area contributed by atoms with E-state index in [1.807, 2.05) is 22.8 Å². The lowest BCUT2D eigenvalue weighted by Gasteiger charge is -2.14. The number of hydrogen-bond donors (Lipinski definition) is 2. The second-order valence-corrected chi connectivity index (χ2v) is 4.11. The Morgan fingerprint density at radius 1 is 1.62 bits per heavy atom. The van der Waals surface area contributed by atoms with Crippen LogP contribution in [0.5, 0.6) is 0 Å². The lowest BCUT2D eigenvalue weighted by atomic mass is 10.1. The van der Waals surface area contributed by atoms with Gasteiger partial charge in [0.1, 0.15) is 0 Å². The number of nitrogens with zero attached hydrogens (tertiary/aromatic N) is 1. The van der Waals surface area contributed by atoms with Gasteiger partial charge in [0.2, 0.25) is 11.8 Å². The third kappa shape index (κ3) is 3.71.